The first kappa shape index (κ1) is 35.3. The molecule has 9 rings (SSSR count). The SMILES string of the molecule is CC1(C)CCC(c2ccnc(-c3cc(-c4cccc5oc(-c6cc(C(C)(C)C)cc(C(C)(C)C)c6O)nc45)c4oc5c6ccccc6ccc5c4c3)c2)CC1. The molecular formula is C50H50N2O3. The predicted molar refractivity (Wildman–Crippen MR) is 227 cm³/mol. The highest BCUT2D eigenvalue weighted by atomic mass is 16.4. The summed E-state index contributed by atoms with van der Waals surface area (Å²) in [6.45, 7) is 17.7. The largest absolute Gasteiger partial charge is 0.507 e. The Hall–Kier alpha value is -5.42. The minimum Gasteiger partial charge on any atom is -0.507 e. The molecule has 0 amide bonds. The Labute approximate surface area is 323 Å². The fourth-order valence-electron chi connectivity index (χ4n) is 8.63. The highest BCUT2D eigenvalue weighted by Crippen LogP contribution is 2.47. The molecule has 3 aromatic heterocycles. The van der Waals surface area contributed by atoms with Crippen molar-refractivity contribution in [1.29, 1.82) is 0 Å². The number of phenols is 1. The monoisotopic (exact) mass is 726 g/mol. The molecule has 5 aromatic carbocycles. The van der Waals surface area contributed by atoms with Crippen molar-refractivity contribution >= 4 is 43.8 Å². The van der Waals surface area contributed by atoms with E-state index in [1.165, 1.54) is 31.2 Å². The number of benzene rings is 5. The second-order valence-corrected chi connectivity index (χ2v) is 18.7. The summed E-state index contributed by atoms with van der Waals surface area (Å²) in [5, 5.41) is 16.1. The lowest BCUT2D eigenvalue weighted by Crippen LogP contribution is -2.20. The molecule has 0 saturated heterocycles. The zero-order valence-corrected chi connectivity index (χ0v) is 33.3. The minimum absolute atomic E-state index is 0.143. The summed E-state index contributed by atoms with van der Waals surface area (Å²) in [4.78, 5) is 10.2. The van der Waals surface area contributed by atoms with Gasteiger partial charge in [-0.2, -0.15) is 0 Å². The van der Waals surface area contributed by atoms with Gasteiger partial charge in [-0.05, 0) is 107 Å². The summed E-state index contributed by atoms with van der Waals surface area (Å²) in [5.74, 6) is 1.13. The van der Waals surface area contributed by atoms with Crippen LogP contribution in [-0.4, -0.2) is 15.1 Å². The topological polar surface area (TPSA) is 72.3 Å². The fraction of sp³-hybridized carbons (Fsp3) is 0.320. The molecule has 0 unspecified atom stereocenters. The normalized spacial score (nSPS) is 15.5. The number of fused-ring (bicyclic) bond motifs is 6. The van der Waals surface area contributed by atoms with Gasteiger partial charge in [0, 0.05) is 44.6 Å². The van der Waals surface area contributed by atoms with Crippen LogP contribution in [0.3, 0.4) is 0 Å². The van der Waals surface area contributed by atoms with Gasteiger partial charge in [-0.25, -0.2) is 4.98 Å². The van der Waals surface area contributed by atoms with E-state index in [0.29, 0.717) is 33.9 Å². The first-order valence-corrected chi connectivity index (χ1v) is 19.8. The zero-order chi connectivity index (χ0) is 38.4. The van der Waals surface area contributed by atoms with Gasteiger partial charge in [0.25, 0.3) is 0 Å². The van der Waals surface area contributed by atoms with E-state index in [4.69, 9.17) is 18.8 Å². The fourth-order valence-corrected chi connectivity index (χ4v) is 8.63. The van der Waals surface area contributed by atoms with Crippen molar-refractivity contribution in [1.82, 2.24) is 9.97 Å². The number of hydrogen-bond donors (Lipinski definition) is 1. The van der Waals surface area contributed by atoms with Gasteiger partial charge in [0.1, 0.15) is 22.4 Å². The van der Waals surface area contributed by atoms with Crippen LogP contribution in [0.15, 0.2) is 106 Å². The van der Waals surface area contributed by atoms with Crippen molar-refractivity contribution in [2.75, 3.05) is 0 Å². The summed E-state index contributed by atoms with van der Waals surface area (Å²) < 4.78 is 13.5. The van der Waals surface area contributed by atoms with Gasteiger partial charge in [-0.1, -0.05) is 104 Å². The first-order valence-electron chi connectivity index (χ1n) is 19.8. The maximum absolute atomic E-state index is 11.8. The Balaban J connectivity index is 1.27. The quantitative estimate of drug-likeness (QED) is 0.195. The molecule has 278 valence electrons. The number of pyridine rings is 1. The van der Waals surface area contributed by atoms with E-state index in [9.17, 15) is 5.11 Å². The highest BCUT2D eigenvalue weighted by Gasteiger charge is 2.30. The molecule has 0 bridgehead atoms. The van der Waals surface area contributed by atoms with Crippen LogP contribution in [0.2, 0.25) is 0 Å². The van der Waals surface area contributed by atoms with Crippen LogP contribution in [0, 0.1) is 5.41 Å². The van der Waals surface area contributed by atoms with E-state index >= 15 is 0 Å². The standard InChI is InChI=1S/C50H50N2O3/c1-48(2,3)33-27-39(44(53)40(28-33)49(4,5)6)47-52-43-35(14-11-15-42(43)54-47)37-24-32(41-26-31(20-23-51-41)29-18-21-50(7,8)22-19-29)25-38-36-17-16-30-12-9-10-13-34(30)45(36)55-46(37)38/h9-17,20,23-29,53H,18-19,21-22H2,1-8H3. The lowest BCUT2D eigenvalue weighted by molar-refractivity contribution is 0.224. The molecule has 0 atom stereocenters. The Morgan fingerprint density at radius 2 is 1.47 bits per heavy atom. The Morgan fingerprint density at radius 1 is 0.691 bits per heavy atom. The Morgan fingerprint density at radius 3 is 2.24 bits per heavy atom. The van der Waals surface area contributed by atoms with Crippen LogP contribution in [0.5, 0.6) is 5.75 Å². The Bertz CT molecular complexity index is 2780. The molecule has 8 aromatic rings. The van der Waals surface area contributed by atoms with Crippen LogP contribution >= 0.6 is 0 Å². The van der Waals surface area contributed by atoms with Gasteiger partial charge in [-0.3, -0.25) is 4.98 Å². The molecule has 5 heteroatoms. The number of phenolic OH excluding ortho intramolecular Hbond substituents is 1. The van der Waals surface area contributed by atoms with E-state index in [0.717, 1.165) is 66.2 Å². The summed E-state index contributed by atoms with van der Waals surface area (Å²) in [6, 6.07) is 31.9. The lowest BCUT2D eigenvalue weighted by atomic mass is 9.71. The van der Waals surface area contributed by atoms with Gasteiger partial charge >= 0.3 is 0 Å². The van der Waals surface area contributed by atoms with Gasteiger partial charge in [0.05, 0.1) is 11.3 Å². The number of para-hydroxylation sites is 1. The first-order chi connectivity index (χ1) is 26.1. The molecule has 0 aliphatic heterocycles. The number of furan rings is 1. The van der Waals surface area contributed by atoms with Crippen molar-refractivity contribution < 1.29 is 13.9 Å². The molecule has 1 aliphatic carbocycles. The molecule has 55 heavy (non-hydrogen) atoms. The van der Waals surface area contributed by atoms with Gasteiger partial charge < -0.3 is 13.9 Å². The molecule has 1 N–H and O–H groups in total. The molecule has 1 aliphatic rings. The van der Waals surface area contributed by atoms with Crippen LogP contribution in [0.1, 0.15) is 104 Å². The second kappa shape index (κ2) is 12.6. The molecule has 1 saturated carbocycles. The van der Waals surface area contributed by atoms with E-state index in [2.05, 4.69) is 128 Å². The number of hydrogen-bond acceptors (Lipinski definition) is 5. The van der Waals surface area contributed by atoms with Crippen LogP contribution in [0.25, 0.3) is 77.6 Å². The van der Waals surface area contributed by atoms with Crippen molar-refractivity contribution in [2.24, 2.45) is 5.41 Å². The number of aromatic nitrogens is 2. The van der Waals surface area contributed by atoms with E-state index in [1.54, 1.807) is 0 Å². The van der Waals surface area contributed by atoms with Crippen LogP contribution in [0.4, 0.5) is 0 Å². The molecule has 0 radical (unpaired) electrons. The third-order valence-electron chi connectivity index (χ3n) is 12.1. The van der Waals surface area contributed by atoms with E-state index in [1.807, 2.05) is 24.4 Å². The van der Waals surface area contributed by atoms with Gasteiger partial charge in [-0.15, -0.1) is 0 Å². The van der Waals surface area contributed by atoms with Crippen molar-refractivity contribution in [3.63, 3.8) is 0 Å². The van der Waals surface area contributed by atoms with Crippen molar-refractivity contribution in [3.8, 4) is 39.6 Å². The van der Waals surface area contributed by atoms with Crippen molar-refractivity contribution in [2.45, 2.75) is 97.8 Å². The van der Waals surface area contributed by atoms with Crippen LogP contribution < -0.4 is 0 Å². The average Bonchev–Trinajstić information content (AvgIpc) is 3.76. The number of oxazole rings is 1. The molecule has 0 spiro atoms. The lowest BCUT2D eigenvalue weighted by Gasteiger charge is -2.34. The molecule has 3 heterocycles. The predicted octanol–water partition coefficient (Wildman–Crippen LogP) is 14.3. The Kier molecular flexibility index (Phi) is 8.06. The average molecular weight is 727 g/mol. The minimum atomic E-state index is -0.284. The molecule has 5 nitrogen and oxygen atoms in total. The third kappa shape index (κ3) is 6.18. The summed E-state index contributed by atoms with van der Waals surface area (Å²) >= 11 is 0. The van der Waals surface area contributed by atoms with Gasteiger partial charge in [0.2, 0.25) is 5.89 Å². The number of aromatic hydroxyl groups is 1. The number of rotatable bonds is 4. The zero-order valence-electron chi connectivity index (χ0n) is 33.3. The van der Waals surface area contributed by atoms with E-state index in [-0.39, 0.29) is 16.6 Å². The number of nitrogens with zero attached hydrogens (tertiary/aromatic N) is 2. The van der Waals surface area contributed by atoms with Crippen LogP contribution in [-0.2, 0) is 10.8 Å². The van der Waals surface area contributed by atoms with Crippen molar-refractivity contribution in [3.05, 3.63) is 114 Å². The second-order valence-electron chi connectivity index (χ2n) is 18.7. The molecule has 1 fully saturated rings. The molecular weight excluding hydrogens is 677 g/mol. The summed E-state index contributed by atoms with van der Waals surface area (Å²) in [5.41, 5.74) is 10.7. The smallest absolute Gasteiger partial charge is 0.231 e. The summed E-state index contributed by atoms with van der Waals surface area (Å²) in [7, 11) is 0. The third-order valence-corrected chi connectivity index (χ3v) is 12.1. The van der Waals surface area contributed by atoms with E-state index < -0.39 is 0 Å². The highest BCUT2D eigenvalue weighted by molar-refractivity contribution is 6.19. The summed E-state index contributed by atoms with van der Waals surface area (Å²) in [6.07, 6.45) is 6.84. The maximum atomic E-state index is 11.8. The maximum Gasteiger partial charge on any atom is 0.231 e. The van der Waals surface area contributed by atoms with Gasteiger partial charge in [0.15, 0.2) is 5.58 Å².